The number of aryl methyl sites for hydroxylation is 1. The summed E-state index contributed by atoms with van der Waals surface area (Å²) in [4.78, 5) is 24.4. The van der Waals surface area contributed by atoms with Crippen LogP contribution in [0.15, 0.2) is 58.2 Å². The average molecular weight is 402 g/mol. The van der Waals surface area contributed by atoms with Crippen molar-refractivity contribution in [2.24, 2.45) is 0 Å². The van der Waals surface area contributed by atoms with Crippen molar-refractivity contribution >= 4 is 26.9 Å². The zero-order valence-corrected chi connectivity index (χ0v) is 15.8. The first-order valence-electron chi connectivity index (χ1n) is 8.41. The van der Waals surface area contributed by atoms with Gasteiger partial charge >= 0.3 is 5.97 Å². The van der Waals surface area contributed by atoms with Crippen molar-refractivity contribution in [2.45, 2.75) is 24.5 Å². The van der Waals surface area contributed by atoms with Gasteiger partial charge in [0.05, 0.1) is 10.3 Å². The molecule has 0 aliphatic heterocycles. The van der Waals surface area contributed by atoms with Crippen LogP contribution in [0.4, 0.5) is 0 Å². The van der Waals surface area contributed by atoms with E-state index in [1.165, 1.54) is 19.2 Å². The minimum Gasteiger partial charge on any atom is -0.442 e. The summed E-state index contributed by atoms with van der Waals surface area (Å²) in [5.41, 5.74) is 0.869. The molecule has 0 saturated carbocycles. The number of hydrogen-bond acceptors (Lipinski definition) is 7. The van der Waals surface area contributed by atoms with Crippen LogP contribution in [0.25, 0.3) is 10.9 Å². The summed E-state index contributed by atoms with van der Waals surface area (Å²) in [7, 11) is -2.15. The van der Waals surface area contributed by atoms with Crippen molar-refractivity contribution in [2.75, 3.05) is 7.05 Å². The van der Waals surface area contributed by atoms with E-state index in [1.807, 2.05) is 0 Å². The molecule has 0 bridgehead atoms. The summed E-state index contributed by atoms with van der Waals surface area (Å²) < 4.78 is 31.7. The molecular formula is C18H18N4O5S. The molecule has 0 radical (unpaired) electrons. The van der Waals surface area contributed by atoms with E-state index in [9.17, 15) is 18.0 Å². The lowest BCUT2D eigenvalue weighted by atomic mass is 10.1. The highest BCUT2D eigenvalue weighted by Gasteiger charge is 2.12. The molecule has 1 heterocycles. The second-order valence-electron chi connectivity index (χ2n) is 5.91. The van der Waals surface area contributed by atoms with Crippen molar-refractivity contribution in [3.63, 3.8) is 0 Å². The van der Waals surface area contributed by atoms with E-state index in [-0.39, 0.29) is 23.6 Å². The number of nitrogens with one attached hydrogen (secondary N) is 1. The smallest absolute Gasteiger partial charge is 0.307 e. The molecule has 28 heavy (non-hydrogen) atoms. The average Bonchev–Trinajstić information content (AvgIpc) is 2.72. The highest BCUT2D eigenvalue weighted by atomic mass is 32.2. The Labute approximate surface area is 161 Å². The number of fused-ring (bicyclic) bond motifs is 1. The fourth-order valence-electron chi connectivity index (χ4n) is 2.51. The molecule has 1 aromatic heterocycles. The van der Waals surface area contributed by atoms with Crippen molar-refractivity contribution in [1.29, 1.82) is 0 Å². The van der Waals surface area contributed by atoms with Crippen molar-refractivity contribution in [1.82, 2.24) is 19.7 Å². The molecule has 0 aliphatic carbocycles. The molecule has 0 unspecified atom stereocenters. The Balaban J connectivity index is 1.57. The number of carbonyl (C=O) groups excluding carboxylic acids is 1. The number of ether oxygens (including phenoxy) is 1. The molecule has 0 amide bonds. The SMILES string of the molecule is CNS(=O)(=O)c1ccc(CCC(=O)OCn2nnc3ccccc3c2=O)cc1. The number of hydrogen-bond donors (Lipinski definition) is 1. The topological polar surface area (TPSA) is 120 Å². The normalized spacial score (nSPS) is 11.5. The monoisotopic (exact) mass is 402 g/mol. The Hall–Kier alpha value is -3.11. The summed E-state index contributed by atoms with van der Waals surface area (Å²) in [6.07, 6.45) is 0.449. The number of esters is 1. The molecular weight excluding hydrogens is 384 g/mol. The van der Waals surface area contributed by atoms with Crippen LogP contribution >= 0.6 is 0 Å². The maximum Gasteiger partial charge on any atom is 0.307 e. The first-order chi connectivity index (χ1) is 13.4. The highest BCUT2D eigenvalue weighted by molar-refractivity contribution is 7.89. The molecule has 3 rings (SSSR count). The Morgan fingerprint density at radius 3 is 2.57 bits per heavy atom. The minimum absolute atomic E-state index is 0.0773. The van der Waals surface area contributed by atoms with E-state index in [4.69, 9.17) is 4.74 Å². The lowest BCUT2D eigenvalue weighted by Gasteiger charge is -2.07. The Morgan fingerprint density at radius 1 is 1.14 bits per heavy atom. The fourth-order valence-corrected chi connectivity index (χ4v) is 3.24. The lowest BCUT2D eigenvalue weighted by molar-refractivity contribution is -0.148. The van der Waals surface area contributed by atoms with Crippen LogP contribution in [0, 0.1) is 0 Å². The van der Waals surface area contributed by atoms with Gasteiger partial charge in [-0.25, -0.2) is 13.1 Å². The molecule has 9 nitrogen and oxygen atoms in total. The first kappa shape index (κ1) is 19.6. The Bertz CT molecular complexity index is 1160. The second kappa shape index (κ2) is 8.28. The van der Waals surface area contributed by atoms with Crippen LogP contribution in [0.3, 0.4) is 0 Å². The van der Waals surface area contributed by atoms with E-state index < -0.39 is 16.0 Å². The molecule has 2 aromatic carbocycles. The largest absolute Gasteiger partial charge is 0.442 e. The summed E-state index contributed by atoms with van der Waals surface area (Å²) in [5.74, 6) is -0.506. The Kier molecular flexibility index (Phi) is 5.81. The van der Waals surface area contributed by atoms with Gasteiger partial charge in [0.15, 0.2) is 6.73 Å². The van der Waals surface area contributed by atoms with Crippen LogP contribution in [0.1, 0.15) is 12.0 Å². The predicted octanol–water partition coefficient (Wildman–Crippen LogP) is 0.833. The van der Waals surface area contributed by atoms with Gasteiger partial charge in [-0.3, -0.25) is 9.59 Å². The third-order valence-corrected chi connectivity index (χ3v) is 5.53. The molecule has 0 saturated heterocycles. The van der Waals surface area contributed by atoms with Gasteiger partial charge in [0.2, 0.25) is 10.0 Å². The van der Waals surface area contributed by atoms with Crippen LogP contribution < -0.4 is 10.3 Å². The number of carbonyl (C=O) groups is 1. The van der Waals surface area contributed by atoms with Crippen LogP contribution in [0.5, 0.6) is 0 Å². The number of nitrogens with zero attached hydrogens (tertiary/aromatic N) is 3. The van der Waals surface area contributed by atoms with E-state index in [1.54, 1.807) is 36.4 Å². The number of aromatic nitrogens is 3. The predicted molar refractivity (Wildman–Crippen MR) is 101 cm³/mol. The summed E-state index contributed by atoms with van der Waals surface area (Å²) in [5, 5.41) is 8.06. The van der Waals surface area contributed by atoms with Gasteiger partial charge in [0.1, 0.15) is 5.52 Å². The lowest BCUT2D eigenvalue weighted by Crippen LogP contribution is -2.26. The molecule has 146 valence electrons. The molecule has 0 aliphatic rings. The van der Waals surface area contributed by atoms with Crippen molar-refractivity contribution in [3.05, 3.63) is 64.4 Å². The third kappa shape index (κ3) is 4.41. The van der Waals surface area contributed by atoms with Gasteiger partial charge in [0, 0.05) is 6.42 Å². The number of rotatable bonds is 7. The van der Waals surface area contributed by atoms with Gasteiger partial charge in [0.25, 0.3) is 5.56 Å². The van der Waals surface area contributed by atoms with Gasteiger partial charge < -0.3 is 4.74 Å². The zero-order chi connectivity index (χ0) is 20.1. The first-order valence-corrected chi connectivity index (χ1v) is 9.90. The maximum absolute atomic E-state index is 12.3. The number of benzene rings is 2. The molecule has 10 heteroatoms. The highest BCUT2D eigenvalue weighted by Crippen LogP contribution is 2.12. The van der Waals surface area contributed by atoms with Crippen molar-refractivity contribution in [3.8, 4) is 0 Å². The van der Waals surface area contributed by atoms with E-state index in [0.717, 1.165) is 10.2 Å². The summed E-state index contributed by atoms with van der Waals surface area (Å²) in [6.45, 7) is -0.325. The van der Waals surface area contributed by atoms with E-state index >= 15 is 0 Å². The molecule has 0 spiro atoms. The summed E-state index contributed by atoms with van der Waals surface area (Å²) in [6, 6.07) is 13.0. The molecule has 3 aromatic rings. The standard InChI is InChI=1S/C18H18N4O5S/c1-19-28(25,26)14-9-6-13(7-10-14)8-11-17(23)27-12-22-18(24)15-4-2-3-5-16(15)20-21-22/h2-7,9-10,19H,8,11-12H2,1H3. The van der Waals surface area contributed by atoms with Gasteiger partial charge in [-0.15, -0.1) is 5.10 Å². The van der Waals surface area contributed by atoms with Gasteiger partial charge in [-0.1, -0.05) is 29.5 Å². The number of sulfonamides is 1. The van der Waals surface area contributed by atoms with Gasteiger partial charge in [-0.05, 0) is 43.3 Å². The summed E-state index contributed by atoms with van der Waals surface area (Å²) >= 11 is 0. The third-order valence-electron chi connectivity index (χ3n) is 4.10. The van der Waals surface area contributed by atoms with Gasteiger partial charge in [-0.2, -0.15) is 4.68 Å². The van der Waals surface area contributed by atoms with Crippen LogP contribution in [-0.4, -0.2) is 36.4 Å². The zero-order valence-electron chi connectivity index (χ0n) is 15.0. The van der Waals surface area contributed by atoms with Crippen LogP contribution in [-0.2, 0) is 32.7 Å². The Morgan fingerprint density at radius 2 is 1.86 bits per heavy atom. The van der Waals surface area contributed by atoms with E-state index in [2.05, 4.69) is 15.0 Å². The minimum atomic E-state index is -3.49. The fraction of sp³-hybridized carbons (Fsp3) is 0.222. The van der Waals surface area contributed by atoms with E-state index in [0.29, 0.717) is 17.3 Å². The van der Waals surface area contributed by atoms with Crippen LogP contribution in [0.2, 0.25) is 0 Å². The molecule has 1 N–H and O–H groups in total. The quantitative estimate of drug-likeness (QED) is 0.581. The molecule has 0 fully saturated rings. The van der Waals surface area contributed by atoms with Crippen molar-refractivity contribution < 1.29 is 17.9 Å². The second-order valence-corrected chi connectivity index (χ2v) is 7.79. The maximum atomic E-state index is 12.3. The molecule has 0 atom stereocenters.